The van der Waals surface area contributed by atoms with Crippen LogP contribution in [0.5, 0.6) is 0 Å². The van der Waals surface area contributed by atoms with E-state index in [2.05, 4.69) is 16.0 Å². The molecule has 0 fully saturated rings. The number of nitrogens with zero attached hydrogens (tertiary/aromatic N) is 3. The largest absolute Gasteiger partial charge is 0.346 e. The average Bonchev–Trinajstić information content (AvgIpc) is 2.60. The van der Waals surface area contributed by atoms with Gasteiger partial charge in [0, 0.05) is 14.1 Å². The number of amides is 2. The van der Waals surface area contributed by atoms with Crippen LogP contribution in [-0.4, -0.2) is 31.9 Å². The van der Waals surface area contributed by atoms with Crippen molar-refractivity contribution in [2.24, 2.45) is 14.1 Å². The zero-order valence-electron chi connectivity index (χ0n) is 14.0. The van der Waals surface area contributed by atoms with Crippen LogP contribution in [0.4, 0.5) is 4.39 Å². The summed E-state index contributed by atoms with van der Waals surface area (Å²) in [5.41, 5.74) is 3.67. The van der Waals surface area contributed by atoms with Crippen molar-refractivity contribution in [2.45, 2.75) is 11.4 Å². The van der Waals surface area contributed by atoms with E-state index in [1.54, 1.807) is 6.07 Å². The fourth-order valence-electron chi connectivity index (χ4n) is 1.95. The molecule has 0 spiro atoms. The van der Waals surface area contributed by atoms with Crippen molar-refractivity contribution >= 4 is 23.6 Å². The number of nitrogens with one attached hydrogen (secondary N) is 2. The molecule has 0 aliphatic carbocycles. The van der Waals surface area contributed by atoms with Crippen LogP contribution in [0.2, 0.25) is 0 Å². The van der Waals surface area contributed by atoms with Crippen LogP contribution in [0.15, 0.2) is 38.9 Å². The van der Waals surface area contributed by atoms with Crippen molar-refractivity contribution in [3.8, 4) is 0 Å². The molecule has 0 saturated carbocycles. The first kappa shape index (κ1) is 19.4. The van der Waals surface area contributed by atoms with Gasteiger partial charge in [-0.05, 0) is 17.7 Å². The molecule has 2 rings (SSSR count). The molecule has 2 amide bonds. The topological polar surface area (TPSA) is 115 Å². The van der Waals surface area contributed by atoms with Gasteiger partial charge in [-0.25, -0.2) is 13.9 Å². The van der Waals surface area contributed by atoms with Crippen LogP contribution in [0.25, 0.3) is 0 Å². The van der Waals surface area contributed by atoms with Gasteiger partial charge < -0.3 is 0 Å². The second-order valence-corrected chi connectivity index (χ2v) is 6.23. The summed E-state index contributed by atoms with van der Waals surface area (Å²) in [5, 5.41) is 3.78. The molecule has 138 valence electrons. The summed E-state index contributed by atoms with van der Waals surface area (Å²) in [6.07, 6.45) is -0.103. The number of hydrogen-bond acceptors (Lipinski definition) is 6. The van der Waals surface area contributed by atoms with E-state index in [1.165, 1.54) is 32.3 Å². The molecule has 0 aliphatic rings. The molecule has 0 saturated heterocycles. The van der Waals surface area contributed by atoms with E-state index in [4.69, 9.17) is 0 Å². The number of aromatic nitrogens is 3. The molecule has 1 aromatic carbocycles. The number of rotatable bonds is 5. The zero-order chi connectivity index (χ0) is 19.3. The Morgan fingerprint density at radius 3 is 2.58 bits per heavy atom. The highest BCUT2D eigenvalue weighted by Gasteiger charge is 2.12. The lowest BCUT2D eigenvalue weighted by Crippen LogP contribution is -2.43. The molecule has 0 bridgehead atoms. The third-order valence-corrected chi connectivity index (χ3v) is 4.16. The van der Waals surface area contributed by atoms with Crippen LogP contribution < -0.4 is 22.1 Å². The fraction of sp³-hybridized carbons (Fsp3) is 0.267. The van der Waals surface area contributed by atoms with Gasteiger partial charge in [-0.15, -0.1) is 0 Å². The Bertz CT molecular complexity index is 956. The normalized spacial score (nSPS) is 10.4. The quantitative estimate of drug-likeness (QED) is 0.512. The van der Waals surface area contributed by atoms with Gasteiger partial charge in [-0.3, -0.25) is 29.8 Å². The standard InChI is InChI=1S/C15H16FN5O4S/c1-20-14(24)13(19-21(2)15(20)25)26-8-12(23)18-17-11(22)7-9-4-3-5-10(16)6-9/h3-6H,7-8H2,1-2H3,(H,17,22)(H,18,23). The lowest BCUT2D eigenvalue weighted by Gasteiger charge is -2.08. The SMILES string of the molecule is Cn1nc(SCC(=O)NNC(=O)Cc2cccc(F)c2)c(=O)n(C)c1=O. The molecule has 0 unspecified atom stereocenters. The number of hydrogen-bond donors (Lipinski definition) is 2. The lowest BCUT2D eigenvalue weighted by atomic mass is 10.1. The molecule has 1 heterocycles. The number of carbonyl (C=O) groups is 2. The van der Waals surface area contributed by atoms with Crippen molar-refractivity contribution < 1.29 is 14.0 Å². The Morgan fingerprint density at radius 1 is 1.19 bits per heavy atom. The third kappa shape index (κ3) is 5.02. The van der Waals surface area contributed by atoms with Crippen LogP contribution in [0.1, 0.15) is 5.56 Å². The number of halogens is 1. The average molecular weight is 381 g/mol. The zero-order valence-corrected chi connectivity index (χ0v) is 14.8. The smallest absolute Gasteiger partial charge is 0.273 e. The highest BCUT2D eigenvalue weighted by Crippen LogP contribution is 2.08. The second-order valence-electron chi connectivity index (χ2n) is 5.27. The molecular weight excluding hydrogens is 365 g/mol. The molecule has 26 heavy (non-hydrogen) atoms. The highest BCUT2D eigenvalue weighted by atomic mass is 32.2. The van der Waals surface area contributed by atoms with Gasteiger partial charge in [-0.2, -0.15) is 5.10 Å². The van der Waals surface area contributed by atoms with E-state index in [0.717, 1.165) is 21.0 Å². The molecule has 0 radical (unpaired) electrons. The van der Waals surface area contributed by atoms with Crippen molar-refractivity contribution in [3.63, 3.8) is 0 Å². The maximum atomic E-state index is 13.0. The van der Waals surface area contributed by atoms with E-state index in [9.17, 15) is 23.6 Å². The van der Waals surface area contributed by atoms with Gasteiger partial charge in [0.1, 0.15) is 5.82 Å². The van der Waals surface area contributed by atoms with Crippen LogP contribution in [0, 0.1) is 5.82 Å². The summed E-state index contributed by atoms with van der Waals surface area (Å²) in [6.45, 7) is 0. The van der Waals surface area contributed by atoms with E-state index >= 15 is 0 Å². The minimum absolute atomic E-state index is 0.0177. The Kier molecular flexibility index (Phi) is 6.28. The van der Waals surface area contributed by atoms with Gasteiger partial charge in [0.2, 0.25) is 11.8 Å². The summed E-state index contributed by atoms with van der Waals surface area (Å²) in [5.74, 6) is -1.74. The number of benzene rings is 1. The first-order valence-electron chi connectivity index (χ1n) is 7.37. The van der Waals surface area contributed by atoms with E-state index in [1.807, 2.05) is 0 Å². The van der Waals surface area contributed by atoms with Crippen molar-refractivity contribution in [2.75, 3.05) is 5.75 Å². The fourth-order valence-corrected chi connectivity index (χ4v) is 2.73. The molecule has 9 nitrogen and oxygen atoms in total. The summed E-state index contributed by atoms with van der Waals surface area (Å²) < 4.78 is 14.9. The summed E-state index contributed by atoms with van der Waals surface area (Å²) >= 11 is 0.833. The van der Waals surface area contributed by atoms with Gasteiger partial charge in [0.15, 0.2) is 5.03 Å². The van der Waals surface area contributed by atoms with Gasteiger partial charge >= 0.3 is 5.69 Å². The van der Waals surface area contributed by atoms with Gasteiger partial charge in [0.25, 0.3) is 5.56 Å². The number of aryl methyl sites for hydroxylation is 1. The Morgan fingerprint density at radius 2 is 1.88 bits per heavy atom. The second kappa shape index (κ2) is 8.43. The predicted molar refractivity (Wildman–Crippen MR) is 91.8 cm³/mol. The third-order valence-electron chi connectivity index (χ3n) is 3.23. The number of hydrazine groups is 1. The van der Waals surface area contributed by atoms with Crippen molar-refractivity contribution in [1.82, 2.24) is 25.2 Å². The van der Waals surface area contributed by atoms with E-state index in [0.29, 0.717) is 5.56 Å². The predicted octanol–water partition coefficient (Wildman–Crippen LogP) is -0.900. The highest BCUT2D eigenvalue weighted by molar-refractivity contribution is 7.99. The maximum absolute atomic E-state index is 13.0. The molecule has 0 atom stereocenters. The summed E-state index contributed by atoms with van der Waals surface area (Å²) in [4.78, 5) is 46.9. The van der Waals surface area contributed by atoms with Crippen LogP contribution in [-0.2, 0) is 30.1 Å². The number of carbonyl (C=O) groups excluding carboxylic acids is 2. The lowest BCUT2D eigenvalue weighted by molar-refractivity contribution is -0.127. The van der Waals surface area contributed by atoms with Gasteiger partial charge in [0.05, 0.1) is 12.2 Å². The monoisotopic (exact) mass is 381 g/mol. The Balaban J connectivity index is 1.85. The maximum Gasteiger partial charge on any atom is 0.346 e. The molecule has 2 aromatic rings. The van der Waals surface area contributed by atoms with Crippen molar-refractivity contribution in [3.05, 3.63) is 56.5 Å². The Hall–Kier alpha value is -2.95. The van der Waals surface area contributed by atoms with Gasteiger partial charge in [-0.1, -0.05) is 23.9 Å². The summed E-state index contributed by atoms with van der Waals surface area (Å²) in [6, 6.07) is 5.55. The summed E-state index contributed by atoms with van der Waals surface area (Å²) in [7, 11) is 2.70. The molecule has 1 aromatic heterocycles. The van der Waals surface area contributed by atoms with Crippen LogP contribution >= 0.6 is 11.8 Å². The Labute approximate surface area is 151 Å². The van der Waals surface area contributed by atoms with Crippen LogP contribution in [0.3, 0.4) is 0 Å². The van der Waals surface area contributed by atoms with E-state index < -0.39 is 28.9 Å². The van der Waals surface area contributed by atoms with Crippen molar-refractivity contribution in [1.29, 1.82) is 0 Å². The van der Waals surface area contributed by atoms with E-state index in [-0.39, 0.29) is 17.2 Å². The molecular formula is C15H16FN5O4S. The molecule has 11 heteroatoms. The molecule has 2 N–H and O–H groups in total. The minimum Gasteiger partial charge on any atom is -0.273 e. The molecule has 0 aliphatic heterocycles. The minimum atomic E-state index is -0.610. The first-order valence-corrected chi connectivity index (χ1v) is 8.35. The number of thioether (sulfide) groups is 1. The first-order chi connectivity index (χ1) is 12.3.